The number of carbonyl (C=O) groups is 7. The number of carbonyl (C=O) groups excluding carboxylic acids is 6. The molecule has 6 N–H and O–H groups in total. The zero-order chi connectivity index (χ0) is 47.0. The monoisotopic (exact) mass is 1130 g/mol. The lowest BCUT2D eigenvalue weighted by Crippen LogP contribution is -2.51. The molecule has 2 saturated heterocycles. The van der Waals surface area contributed by atoms with Gasteiger partial charge in [0.05, 0.1) is 6.10 Å². The Morgan fingerprint density at radius 1 is 0.672 bits per heavy atom. The molecule has 0 unspecified atom stereocenters. The first kappa shape index (κ1) is 52.8. The van der Waals surface area contributed by atoms with Crippen LogP contribution in [0, 0.1) is 7.14 Å². The third-order valence-corrected chi connectivity index (χ3v) is 10.5. The van der Waals surface area contributed by atoms with Gasteiger partial charge in [-0.1, -0.05) is 60.7 Å². The summed E-state index contributed by atoms with van der Waals surface area (Å²) < 4.78 is 16.9. The Balaban J connectivity index is 0.000000257. The van der Waals surface area contributed by atoms with E-state index in [0.717, 1.165) is 18.3 Å². The lowest BCUT2D eigenvalue weighted by Gasteiger charge is -2.23. The quantitative estimate of drug-likeness (QED) is 0.0276. The number of hydrazine groups is 2. The Kier molecular flexibility index (Phi) is 23.4. The number of carboxylic acids is 1. The van der Waals surface area contributed by atoms with Crippen molar-refractivity contribution in [1.82, 2.24) is 26.1 Å². The molecule has 0 aromatic heterocycles. The molecule has 0 saturated carbocycles. The van der Waals surface area contributed by atoms with Gasteiger partial charge in [0.2, 0.25) is 0 Å². The summed E-state index contributed by atoms with van der Waals surface area (Å²) in [7, 11) is 0. The van der Waals surface area contributed by atoms with Crippen LogP contribution in [0.25, 0.3) is 0 Å². The molecule has 4 aromatic rings. The number of nitrogens with two attached hydrogens (primary N) is 1. The molecule has 2 heterocycles. The van der Waals surface area contributed by atoms with Crippen molar-refractivity contribution in [3.05, 3.63) is 139 Å². The zero-order valence-corrected chi connectivity index (χ0v) is 40.0. The number of hydrogen-bond acceptors (Lipinski definition) is 11. The third kappa shape index (κ3) is 19.1. The Morgan fingerprint density at radius 3 is 1.48 bits per heavy atom. The van der Waals surface area contributed by atoms with E-state index >= 15 is 0 Å². The van der Waals surface area contributed by atoms with E-state index in [2.05, 4.69) is 66.2 Å². The van der Waals surface area contributed by atoms with Crippen LogP contribution in [-0.4, -0.2) is 87.5 Å². The summed E-state index contributed by atoms with van der Waals surface area (Å²) in [5.41, 5.74) is 8.89. The van der Waals surface area contributed by atoms with Crippen LogP contribution < -0.4 is 22.1 Å². The molecule has 2 aliphatic heterocycles. The molecule has 2 fully saturated rings. The van der Waals surface area contributed by atoms with Gasteiger partial charge in [0.15, 0.2) is 0 Å². The fourth-order valence-electron chi connectivity index (χ4n) is 5.85. The van der Waals surface area contributed by atoms with Gasteiger partial charge in [-0.3, -0.25) is 40.5 Å². The minimum Gasteiger partial charge on any atom is -0.480 e. The van der Waals surface area contributed by atoms with E-state index in [1.54, 1.807) is 50.2 Å². The summed E-state index contributed by atoms with van der Waals surface area (Å²) in [6.07, 6.45) is 1.22. The van der Waals surface area contributed by atoms with Gasteiger partial charge in [0.25, 0.3) is 17.7 Å². The smallest absolute Gasteiger partial charge is 0.410 e. The van der Waals surface area contributed by atoms with Crippen LogP contribution in [0.15, 0.2) is 109 Å². The van der Waals surface area contributed by atoms with Crippen LogP contribution in [-0.2, 0) is 37.0 Å². The van der Waals surface area contributed by atoms with Gasteiger partial charge in [0, 0.05) is 43.0 Å². The van der Waals surface area contributed by atoms with Gasteiger partial charge >= 0.3 is 23.6 Å². The lowest BCUT2D eigenvalue weighted by molar-refractivity contribution is -0.141. The van der Waals surface area contributed by atoms with E-state index in [0.29, 0.717) is 49.9 Å². The minimum atomic E-state index is -0.968. The minimum absolute atomic E-state index is 0.106. The summed E-state index contributed by atoms with van der Waals surface area (Å²) in [6, 6.07) is 31.4. The van der Waals surface area contributed by atoms with E-state index in [9.17, 15) is 33.6 Å². The molecular formula is C44H49ClI2N6O11. The highest BCUT2D eigenvalue weighted by Gasteiger charge is 2.36. The molecule has 6 rings (SSSR count). The van der Waals surface area contributed by atoms with Crippen molar-refractivity contribution >= 4 is 98.1 Å². The number of likely N-dealkylation sites (tertiary alicyclic amines) is 2. The molecule has 20 heteroatoms. The topological polar surface area (TPSA) is 236 Å². The number of rotatable bonds is 9. The summed E-state index contributed by atoms with van der Waals surface area (Å²) in [5, 5.41) is 8.97. The summed E-state index contributed by atoms with van der Waals surface area (Å²) in [6.45, 7) is 4.68. The zero-order valence-electron chi connectivity index (χ0n) is 34.9. The van der Waals surface area contributed by atoms with Crippen molar-refractivity contribution in [2.24, 2.45) is 5.84 Å². The van der Waals surface area contributed by atoms with E-state index in [4.69, 9.17) is 32.0 Å². The maximum absolute atomic E-state index is 12.4. The second-order valence-corrected chi connectivity index (χ2v) is 16.8. The average molecular weight is 1130 g/mol. The predicted octanol–water partition coefficient (Wildman–Crippen LogP) is 7.39. The Labute approximate surface area is 402 Å². The van der Waals surface area contributed by atoms with Crippen molar-refractivity contribution in [1.29, 1.82) is 0 Å². The Hall–Kier alpha value is -5.52. The molecule has 0 spiro atoms. The van der Waals surface area contributed by atoms with Crippen LogP contribution >= 0.6 is 56.8 Å². The molecule has 17 nitrogen and oxygen atoms in total. The fourth-order valence-corrected chi connectivity index (χ4v) is 6.75. The lowest BCUT2D eigenvalue weighted by atomic mass is 10.2. The first-order valence-electron chi connectivity index (χ1n) is 19.7. The van der Waals surface area contributed by atoms with Crippen molar-refractivity contribution in [3.63, 3.8) is 0 Å². The van der Waals surface area contributed by atoms with Crippen LogP contribution in [0.1, 0.15) is 71.4 Å². The molecule has 342 valence electrons. The molecule has 0 aliphatic carbocycles. The van der Waals surface area contributed by atoms with Crippen molar-refractivity contribution in [3.8, 4) is 0 Å². The molecule has 4 aromatic carbocycles. The van der Waals surface area contributed by atoms with Gasteiger partial charge in [-0.2, -0.15) is 0 Å². The second-order valence-electron chi connectivity index (χ2n) is 14.0. The number of hydrogen-bond donors (Lipinski definition) is 5. The number of amides is 5. The highest BCUT2D eigenvalue weighted by atomic mass is 127. The fraction of sp³-hybridized carbons (Fsp3) is 0.295. The molecule has 64 heavy (non-hydrogen) atoms. The maximum atomic E-state index is 12.4. The number of nitrogens with one attached hydrogen (secondary N) is 3. The summed E-state index contributed by atoms with van der Waals surface area (Å²) in [5.74, 6) is 2.86. The average Bonchev–Trinajstić information content (AvgIpc) is 4.00. The van der Waals surface area contributed by atoms with Gasteiger partial charge < -0.3 is 19.3 Å². The maximum Gasteiger partial charge on any atom is 0.410 e. The third-order valence-electron chi connectivity index (χ3n) is 8.94. The van der Waals surface area contributed by atoms with Crippen LogP contribution in [0.4, 0.5) is 14.4 Å². The number of halogens is 3. The van der Waals surface area contributed by atoms with E-state index in [1.807, 2.05) is 72.8 Å². The Morgan fingerprint density at radius 2 is 1.09 bits per heavy atom. The van der Waals surface area contributed by atoms with Crippen LogP contribution in [0.3, 0.4) is 0 Å². The van der Waals surface area contributed by atoms with Gasteiger partial charge in [-0.05, 0) is 144 Å². The van der Waals surface area contributed by atoms with Crippen LogP contribution in [0.5, 0.6) is 0 Å². The standard InChI is InChI=1S/C20H20IN3O4.C13H15NO4.C7H7IN2O.C4H7ClO2/c21-16-10-8-15(9-11-16)18(25)22-23-19(26)17-7-4-12-24(17)20(27)28-13-14-5-2-1-3-6-14;15-12(16)11-7-4-8-14(11)13(17)18-9-10-5-2-1-3-6-10;8-6-3-1-5(2-4-6)7(11)10-9;1-3(2)7-4(5)6/h1-3,5-6,8-11,17H,4,7,12-13H2,(H,22,25)(H,23,26);1-3,5-6,11H,4,7-9H2,(H,15,16);1-4H,9H2,(H,10,11);3H,1-2H3/t17-;11-;;/m00../s1. The molecule has 0 bridgehead atoms. The molecule has 2 atom stereocenters. The number of nitrogens with zero attached hydrogens (tertiary/aromatic N) is 2. The number of ether oxygens (including phenoxy) is 3. The normalized spacial score (nSPS) is 14.7. The number of aliphatic carboxylic acids is 1. The van der Waals surface area contributed by atoms with Gasteiger partial charge in [0.1, 0.15) is 25.3 Å². The predicted molar refractivity (Wildman–Crippen MR) is 253 cm³/mol. The highest BCUT2D eigenvalue weighted by Crippen LogP contribution is 2.20. The van der Waals surface area contributed by atoms with Crippen molar-refractivity contribution in [2.45, 2.75) is 70.9 Å². The molecule has 2 aliphatic rings. The second kappa shape index (κ2) is 28.3. The van der Waals surface area contributed by atoms with E-state index in [1.165, 1.54) is 9.80 Å². The number of nitrogen functional groups attached to an aromatic ring is 1. The van der Waals surface area contributed by atoms with Crippen molar-refractivity contribution in [2.75, 3.05) is 13.1 Å². The largest absolute Gasteiger partial charge is 0.480 e. The Bertz CT molecular complexity index is 2140. The van der Waals surface area contributed by atoms with Gasteiger partial charge in [-0.25, -0.2) is 25.0 Å². The van der Waals surface area contributed by atoms with Crippen molar-refractivity contribution < 1.29 is 52.9 Å². The first-order chi connectivity index (χ1) is 30.6. The number of benzene rings is 4. The van der Waals surface area contributed by atoms with Gasteiger partial charge in [-0.15, -0.1) is 0 Å². The first-order valence-corrected chi connectivity index (χ1v) is 22.3. The summed E-state index contributed by atoms with van der Waals surface area (Å²) in [4.78, 5) is 83.0. The highest BCUT2D eigenvalue weighted by molar-refractivity contribution is 14.1. The molecular weight excluding hydrogens is 1080 g/mol. The van der Waals surface area contributed by atoms with E-state index < -0.39 is 47.5 Å². The SMILES string of the molecule is CC(C)OC(=O)Cl.NNC(=O)c1ccc(I)cc1.O=C(NNC(=O)[C@@H]1CCCN1C(=O)OCc1ccccc1)c1ccc(I)cc1.O=C(O)[C@@H]1CCCN1C(=O)OCc1ccccc1. The van der Waals surface area contributed by atoms with E-state index in [-0.39, 0.29) is 25.2 Å². The molecule has 5 amide bonds. The molecule has 0 radical (unpaired) electrons. The van der Waals surface area contributed by atoms with Crippen LogP contribution in [0.2, 0.25) is 0 Å². The summed E-state index contributed by atoms with van der Waals surface area (Å²) >= 11 is 9.13. The number of carboxylic acid groups (broad SMARTS) is 1.